The molecule has 1 aliphatic carbocycles. The Morgan fingerprint density at radius 1 is 1.48 bits per heavy atom. The number of nitrogens with one attached hydrogen (secondary N) is 1. The highest BCUT2D eigenvalue weighted by Crippen LogP contribution is 2.35. The van der Waals surface area contributed by atoms with Gasteiger partial charge in [-0.15, -0.1) is 0 Å². The zero-order chi connectivity index (χ0) is 16.1. The normalized spacial score (nSPS) is 21.0. The highest BCUT2D eigenvalue weighted by Gasteiger charge is 2.32. The van der Waals surface area contributed by atoms with E-state index in [1.54, 1.807) is 0 Å². The molecular formula is C16H20ClN5O. The Morgan fingerprint density at radius 2 is 2.30 bits per heavy atom. The van der Waals surface area contributed by atoms with Crippen LogP contribution in [-0.2, 0) is 19.4 Å². The van der Waals surface area contributed by atoms with Gasteiger partial charge in [0.2, 0.25) is 0 Å². The third-order valence-electron chi connectivity index (χ3n) is 4.97. The number of nitrogens with zero attached hydrogens (tertiary/aromatic N) is 3. The first-order chi connectivity index (χ1) is 11.0. The van der Waals surface area contributed by atoms with Gasteiger partial charge in [0.05, 0.1) is 11.6 Å². The van der Waals surface area contributed by atoms with Crippen LogP contribution in [0.15, 0.2) is 6.07 Å². The first kappa shape index (κ1) is 14.8. The molecule has 0 bridgehead atoms. The second kappa shape index (κ2) is 5.39. The molecule has 122 valence electrons. The Kier molecular flexibility index (Phi) is 3.46. The lowest BCUT2D eigenvalue weighted by molar-refractivity contribution is 0.0854. The highest BCUT2D eigenvalue weighted by atomic mass is 35.5. The number of aromatic amines is 1. The number of rotatable bonds is 1. The molecule has 3 heterocycles. The van der Waals surface area contributed by atoms with E-state index in [1.807, 2.05) is 6.07 Å². The van der Waals surface area contributed by atoms with Gasteiger partial charge in [-0.2, -0.15) is 9.78 Å². The van der Waals surface area contributed by atoms with Crippen molar-refractivity contribution in [2.75, 3.05) is 19.3 Å². The predicted octanol–water partition coefficient (Wildman–Crippen LogP) is 2.20. The number of likely N-dealkylation sites (N-methyl/N-ethyl adjacent to an activating group) is 1. The molecule has 0 saturated carbocycles. The second-order valence-electron chi connectivity index (χ2n) is 6.54. The van der Waals surface area contributed by atoms with E-state index in [0.717, 1.165) is 61.3 Å². The molecule has 2 aromatic heterocycles. The van der Waals surface area contributed by atoms with Gasteiger partial charge in [-0.05, 0) is 37.9 Å². The highest BCUT2D eigenvalue weighted by molar-refractivity contribution is 6.29. The molecule has 0 saturated heterocycles. The molecule has 1 aliphatic heterocycles. The summed E-state index contributed by atoms with van der Waals surface area (Å²) in [7, 11) is 2.05. The largest absolute Gasteiger partial charge is 0.383 e. The van der Waals surface area contributed by atoms with Gasteiger partial charge in [-0.1, -0.05) is 11.6 Å². The summed E-state index contributed by atoms with van der Waals surface area (Å²) in [5, 5.41) is 5.10. The van der Waals surface area contributed by atoms with Crippen molar-refractivity contribution < 1.29 is 4.79 Å². The molecule has 2 aliphatic rings. The number of halogens is 1. The minimum atomic E-state index is -0.219. The number of fused-ring (bicyclic) bond motifs is 2. The quantitative estimate of drug-likeness (QED) is 0.838. The average Bonchev–Trinajstić information content (AvgIpc) is 3.06. The third kappa shape index (κ3) is 2.37. The van der Waals surface area contributed by atoms with Gasteiger partial charge < -0.3 is 15.6 Å². The lowest BCUT2D eigenvalue weighted by Gasteiger charge is -2.22. The molecule has 0 amide bonds. The van der Waals surface area contributed by atoms with Crippen LogP contribution in [0.2, 0.25) is 5.15 Å². The van der Waals surface area contributed by atoms with Gasteiger partial charge in [0.15, 0.2) is 0 Å². The molecule has 0 fully saturated rings. The molecule has 3 N–H and O–H groups in total. The summed E-state index contributed by atoms with van der Waals surface area (Å²) in [4.78, 5) is 18.4. The molecule has 23 heavy (non-hydrogen) atoms. The topological polar surface area (TPSA) is 79.9 Å². The van der Waals surface area contributed by atoms with Crippen molar-refractivity contribution in [2.24, 2.45) is 0 Å². The van der Waals surface area contributed by atoms with E-state index >= 15 is 0 Å². The van der Waals surface area contributed by atoms with Crippen molar-refractivity contribution >= 4 is 23.3 Å². The number of carbonyl (C=O) groups excluding carboxylic acids is 1. The van der Waals surface area contributed by atoms with E-state index in [0.29, 0.717) is 11.0 Å². The van der Waals surface area contributed by atoms with Crippen molar-refractivity contribution in [1.29, 1.82) is 0 Å². The lowest BCUT2D eigenvalue weighted by atomic mass is 9.86. The molecule has 1 unspecified atom stereocenters. The molecule has 1 atom stereocenters. The summed E-state index contributed by atoms with van der Waals surface area (Å²) in [6, 6.07) is 1.87. The molecular weight excluding hydrogens is 314 g/mol. The maximum Gasteiger partial charge on any atom is 0.256 e. The first-order valence-electron chi connectivity index (χ1n) is 8.01. The van der Waals surface area contributed by atoms with Gasteiger partial charge in [0, 0.05) is 30.8 Å². The number of H-pyrrole nitrogens is 1. The number of hydrogen-bond acceptors (Lipinski definition) is 4. The van der Waals surface area contributed by atoms with Crippen LogP contribution in [0.5, 0.6) is 0 Å². The van der Waals surface area contributed by atoms with Crippen molar-refractivity contribution in [3.63, 3.8) is 0 Å². The zero-order valence-corrected chi connectivity index (χ0v) is 13.9. The number of nitrogens with two attached hydrogens (primary N) is 1. The van der Waals surface area contributed by atoms with Crippen molar-refractivity contribution in [1.82, 2.24) is 19.7 Å². The third-order valence-corrected chi connectivity index (χ3v) is 5.17. The SMILES string of the molecule is CN1CCc2nn(C(=O)C3CCCc4[nH]c(Cl)cc43)c(N)c2C1. The van der Waals surface area contributed by atoms with Crippen molar-refractivity contribution in [3.8, 4) is 0 Å². The average molecular weight is 334 g/mol. The van der Waals surface area contributed by atoms with E-state index in [1.165, 1.54) is 4.68 Å². The fraction of sp³-hybridized carbons (Fsp3) is 0.500. The maximum absolute atomic E-state index is 13.0. The lowest BCUT2D eigenvalue weighted by Crippen LogP contribution is -2.26. The minimum Gasteiger partial charge on any atom is -0.383 e. The molecule has 2 aromatic rings. The fourth-order valence-corrected chi connectivity index (χ4v) is 3.97. The Labute approximate surface area is 139 Å². The van der Waals surface area contributed by atoms with Gasteiger partial charge in [-0.3, -0.25) is 4.79 Å². The zero-order valence-electron chi connectivity index (χ0n) is 13.1. The summed E-state index contributed by atoms with van der Waals surface area (Å²) in [5.74, 6) is 0.227. The van der Waals surface area contributed by atoms with Crippen LogP contribution < -0.4 is 5.73 Å². The summed E-state index contributed by atoms with van der Waals surface area (Å²) in [5.41, 5.74) is 10.3. The van der Waals surface area contributed by atoms with Gasteiger partial charge >= 0.3 is 0 Å². The fourth-order valence-electron chi connectivity index (χ4n) is 3.73. The molecule has 0 spiro atoms. The Balaban J connectivity index is 1.71. The van der Waals surface area contributed by atoms with Crippen LogP contribution >= 0.6 is 11.6 Å². The Bertz CT molecular complexity index is 778. The van der Waals surface area contributed by atoms with E-state index < -0.39 is 0 Å². The first-order valence-corrected chi connectivity index (χ1v) is 8.38. The number of aryl methyl sites for hydroxylation is 1. The number of aromatic nitrogens is 3. The van der Waals surface area contributed by atoms with E-state index in [2.05, 4.69) is 22.0 Å². The van der Waals surface area contributed by atoms with Gasteiger partial charge in [0.1, 0.15) is 11.0 Å². The Morgan fingerprint density at radius 3 is 3.13 bits per heavy atom. The molecule has 6 nitrogen and oxygen atoms in total. The Hall–Kier alpha value is -1.79. The smallest absolute Gasteiger partial charge is 0.256 e. The second-order valence-corrected chi connectivity index (χ2v) is 6.95. The monoisotopic (exact) mass is 333 g/mol. The molecule has 0 radical (unpaired) electrons. The van der Waals surface area contributed by atoms with Gasteiger partial charge in [-0.25, -0.2) is 0 Å². The van der Waals surface area contributed by atoms with Crippen LogP contribution in [0.25, 0.3) is 0 Å². The van der Waals surface area contributed by atoms with E-state index in [4.69, 9.17) is 17.3 Å². The van der Waals surface area contributed by atoms with Crippen LogP contribution in [0.3, 0.4) is 0 Å². The summed E-state index contributed by atoms with van der Waals surface area (Å²) in [6.07, 6.45) is 3.54. The van der Waals surface area contributed by atoms with Crippen LogP contribution in [-0.4, -0.2) is 39.2 Å². The predicted molar refractivity (Wildman–Crippen MR) is 88.8 cm³/mol. The summed E-state index contributed by atoms with van der Waals surface area (Å²) in [6.45, 7) is 1.69. The molecule has 7 heteroatoms. The maximum atomic E-state index is 13.0. The number of nitrogen functional groups attached to an aromatic ring is 1. The summed E-state index contributed by atoms with van der Waals surface area (Å²) >= 11 is 6.08. The summed E-state index contributed by atoms with van der Waals surface area (Å²) < 4.78 is 1.42. The molecule has 4 rings (SSSR count). The van der Waals surface area contributed by atoms with Crippen molar-refractivity contribution in [3.05, 3.63) is 33.7 Å². The van der Waals surface area contributed by atoms with Crippen molar-refractivity contribution in [2.45, 2.75) is 38.1 Å². The number of anilines is 1. The standard InChI is InChI=1S/C16H20ClN5O/c1-21-6-5-13-11(8-21)15(18)22(20-13)16(23)9-3-2-4-12-10(9)7-14(17)19-12/h7,9,19H,2-6,8,18H2,1H3. The van der Waals surface area contributed by atoms with Crippen LogP contribution in [0, 0.1) is 0 Å². The van der Waals surface area contributed by atoms with Crippen LogP contribution in [0.4, 0.5) is 5.82 Å². The van der Waals surface area contributed by atoms with Crippen LogP contribution in [0.1, 0.15) is 46.1 Å². The van der Waals surface area contributed by atoms with Gasteiger partial charge in [0.25, 0.3) is 5.91 Å². The number of hydrogen-bond donors (Lipinski definition) is 2. The number of carbonyl (C=O) groups is 1. The molecule has 0 aromatic carbocycles. The van der Waals surface area contributed by atoms with E-state index in [-0.39, 0.29) is 11.8 Å². The minimum absolute atomic E-state index is 0.0452. The van der Waals surface area contributed by atoms with E-state index in [9.17, 15) is 4.79 Å².